The summed E-state index contributed by atoms with van der Waals surface area (Å²) in [4.78, 5) is 30.1. The number of nitrogens with zero attached hydrogens (tertiary/aromatic N) is 1. The fourth-order valence-electron chi connectivity index (χ4n) is 4.70. The molecule has 3 aromatic carbocycles. The number of hydrazine groups is 1. The van der Waals surface area contributed by atoms with Gasteiger partial charge < -0.3 is 9.40 Å². The molecule has 1 atom stereocenters. The van der Waals surface area contributed by atoms with Crippen molar-refractivity contribution >= 4 is 56.1 Å². The Morgan fingerprint density at radius 3 is 2.41 bits per heavy atom. The van der Waals surface area contributed by atoms with Crippen molar-refractivity contribution in [2.75, 3.05) is 0 Å². The van der Waals surface area contributed by atoms with Gasteiger partial charge >= 0.3 is 5.91 Å². The average Bonchev–Trinajstić information content (AvgIpc) is 3.58. The van der Waals surface area contributed by atoms with Crippen molar-refractivity contribution in [3.05, 3.63) is 140 Å². The minimum atomic E-state index is -0.505. The molecule has 0 bridgehead atoms. The summed E-state index contributed by atoms with van der Waals surface area (Å²) in [6.07, 6.45) is 5.70. The van der Waals surface area contributed by atoms with E-state index in [4.69, 9.17) is 16.0 Å². The van der Waals surface area contributed by atoms with E-state index in [2.05, 4.69) is 26.3 Å². The molecule has 0 radical (unpaired) electrons. The number of nitrogens with one attached hydrogen (secondary N) is 2. The maximum Gasteiger partial charge on any atom is 0.308 e. The number of fused-ring (bicyclic) bond motifs is 1. The predicted octanol–water partition coefficient (Wildman–Crippen LogP) is 7.29. The smallest absolute Gasteiger partial charge is 0.308 e. The number of aromatic amines is 1. The third kappa shape index (κ3) is 4.94. The number of pyridine rings is 1. The first kappa shape index (κ1) is 25.0. The van der Waals surface area contributed by atoms with E-state index < -0.39 is 6.04 Å². The zero-order valence-corrected chi connectivity index (χ0v) is 22.7. The van der Waals surface area contributed by atoms with Crippen molar-refractivity contribution in [1.29, 1.82) is 0 Å². The van der Waals surface area contributed by atoms with Crippen molar-refractivity contribution in [2.24, 2.45) is 0 Å². The highest BCUT2D eigenvalue weighted by Gasteiger charge is 2.33. The molecule has 1 aliphatic rings. The molecule has 3 heterocycles. The first-order valence-electron chi connectivity index (χ1n) is 12.2. The Kier molecular flexibility index (Phi) is 6.69. The van der Waals surface area contributed by atoms with Crippen LogP contribution in [0.25, 0.3) is 33.8 Å². The van der Waals surface area contributed by atoms with E-state index in [0.29, 0.717) is 26.5 Å². The van der Waals surface area contributed by atoms with Gasteiger partial charge in [0.05, 0.1) is 17.3 Å². The van der Waals surface area contributed by atoms with Gasteiger partial charge in [-0.3, -0.25) is 15.0 Å². The molecule has 0 aliphatic carbocycles. The van der Waals surface area contributed by atoms with Gasteiger partial charge in [0.2, 0.25) is 0 Å². The van der Waals surface area contributed by atoms with Gasteiger partial charge in [-0.05, 0) is 63.5 Å². The molecule has 2 aromatic heterocycles. The van der Waals surface area contributed by atoms with Gasteiger partial charge in [-0.15, -0.1) is 0 Å². The normalized spacial score (nSPS) is 15.1. The highest BCUT2D eigenvalue weighted by molar-refractivity contribution is 9.10. The van der Waals surface area contributed by atoms with E-state index >= 15 is 0 Å². The number of benzene rings is 3. The molecule has 8 heteroatoms. The van der Waals surface area contributed by atoms with Crippen LogP contribution >= 0.6 is 27.5 Å². The largest absolute Gasteiger partial charge is 0.444 e. The first-order chi connectivity index (χ1) is 19.0. The SMILES string of the molecule is O=C(c1ccc(Br)o1)N1NC(c2c(-c3ccccc3)c3cc(Cl)ccc3[nH]c2=O)=C[C@@H]1/C=C/c1ccccc1. The number of aromatic nitrogens is 1. The Morgan fingerprint density at radius 1 is 0.949 bits per heavy atom. The molecule has 6 rings (SSSR count). The number of halogens is 2. The van der Waals surface area contributed by atoms with Gasteiger partial charge in [0.15, 0.2) is 10.4 Å². The molecule has 39 heavy (non-hydrogen) atoms. The Balaban J connectivity index is 1.52. The Hall–Kier alpha value is -4.33. The van der Waals surface area contributed by atoms with Crippen LogP contribution in [0.5, 0.6) is 0 Å². The van der Waals surface area contributed by atoms with E-state index in [0.717, 1.165) is 22.1 Å². The lowest BCUT2D eigenvalue weighted by atomic mass is 9.94. The highest BCUT2D eigenvalue weighted by Crippen LogP contribution is 2.35. The summed E-state index contributed by atoms with van der Waals surface area (Å²) in [5.41, 5.74) is 7.03. The Morgan fingerprint density at radius 2 is 1.69 bits per heavy atom. The second-order valence-corrected chi connectivity index (χ2v) is 10.2. The predicted molar refractivity (Wildman–Crippen MR) is 158 cm³/mol. The zero-order valence-electron chi connectivity index (χ0n) is 20.4. The number of H-pyrrole nitrogens is 1. The Bertz CT molecular complexity index is 1810. The molecule has 0 saturated heterocycles. The second-order valence-electron chi connectivity index (χ2n) is 8.99. The van der Waals surface area contributed by atoms with Crippen molar-refractivity contribution < 1.29 is 9.21 Å². The highest BCUT2D eigenvalue weighted by atomic mass is 79.9. The number of carbonyl (C=O) groups is 1. The van der Waals surface area contributed by atoms with Crippen molar-refractivity contribution in [3.63, 3.8) is 0 Å². The topological polar surface area (TPSA) is 78.3 Å². The molecule has 0 spiro atoms. The van der Waals surface area contributed by atoms with E-state index in [-0.39, 0.29) is 17.2 Å². The molecule has 1 aliphatic heterocycles. The number of carbonyl (C=O) groups excluding carboxylic acids is 1. The summed E-state index contributed by atoms with van der Waals surface area (Å²) < 4.78 is 6.00. The quantitative estimate of drug-likeness (QED) is 0.223. The maximum absolute atomic E-state index is 13.6. The lowest BCUT2D eigenvalue weighted by Crippen LogP contribution is -2.42. The fourth-order valence-corrected chi connectivity index (χ4v) is 5.18. The van der Waals surface area contributed by atoms with E-state index in [1.54, 1.807) is 24.3 Å². The molecule has 2 N–H and O–H groups in total. The lowest BCUT2D eigenvalue weighted by Gasteiger charge is -2.23. The monoisotopic (exact) mass is 597 g/mol. The first-order valence-corrected chi connectivity index (χ1v) is 13.4. The number of rotatable bonds is 5. The maximum atomic E-state index is 13.6. The van der Waals surface area contributed by atoms with Gasteiger partial charge in [-0.2, -0.15) is 0 Å². The van der Waals surface area contributed by atoms with E-state index in [1.165, 1.54) is 5.01 Å². The third-order valence-electron chi connectivity index (χ3n) is 6.47. The van der Waals surface area contributed by atoms with Crippen LogP contribution in [0.3, 0.4) is 0 Å². The average molecular weight is 599 g/mol. The third-order valence-corrected chi connectivity index (χ3v) is 7.13. The summed E-state index contributed by atoms with van der Waals surface area (Å²) in [5, 5.41) is 2.80. The summed E-state index contributed by atoms with van der Waals surface area (Å²) in [5.74, 6) is -0.221. The minimum absolute atomic E-state index is 0.157. The number of hydrogen-bond donors (Lipinski definition) is 2. The fraction of sp³-hybridized carbons (Fsp3) is 0.0323. The van der Waals surface area contributed by atoms with Crippen molar-refractivity contribution in [2.45, 2.75) is 6.04 Å². The number of furan rings is 1. The molecule has 5 aromatic rings. The molecule has 0 saturated carbocycles. The van der Waals surface area contributed by atoms with Crippen molar-refractivity contribution in [1.82, 2.24) is 15.4 Å². The summed E-state index contributed by atoms with van der Waals surface area (Å²) >= 11 is 9.66. The summed E-state index contributed by atoms with van der Waals surface area (Å²) in [7, 11) is 0. The minimum Gasteiger partial charge on any atom is -0.444 e. The van der Waals surface area contributed by atoms with Crippen LogP contribution in [0.15, 0.2) is 117 Å². The molecule has 0 fully saturated rings. The van der Waals surface area contributed by atoms with Crippen LogP contribution in [0.4, 0.5) is 0 Å². The van der Waals surface area contributed by atoms with Gasteiger partial charge in [0, 0.05) is 21.5 Å². The van der Waals surface area contributed by atoms with Gasteiger partial charge in [0.1, 0.15) is 0 Å². The molecule has 6 nitrogen and oxygen atoms in total. The Labute approximate surface area is 237 Å². The summed E-state index contributed by atoms with van der Waals surface area (Å²) in [6.45, 7) is 0. The van der Waals surface area contributed by atoms with E-state index in [1.807, 2.05) is 85.0 Å². The van der Waals surface area contributed by atoms with Crippen LogP contribution in [0.1, 0.15) is 21.7 Å². The van der Waals surface area contributed by atoms with E-state index in [9.17, 15) is 9.59 Å². The molecule has 192 valence electrons. The standard InChI is InChI=1S/C31H21BrClN3O3/c32-27-16-15-26(39-27)31(38)36-22(13-11-19-7-3-1-4-8-19)18-25(35-36)29-28(20-9-5-2-6-10-20)23-17-21(33)12-14-24(23)34-30(29)37/h1-18,22,35H,(H,34,37)/b13-11+/t22-/m0/s1. The van der Waals surface area contributed by atoms with Crippen LogP contribution in [-0.4, -0.2) is 21.9 Å². The van der Waals surface area contributed by atoms with Crippen LogP contribution < -0.4 is 11.0 Å². The van der Waals surface area contributed by atoms with Crippen LogP contribution in [0.2, 0.25) is 5.02 Å². The number of amides is 1. The lowest BCUT2D eigenvalue weighted by molar-refractivity contribution is 0.0669. The number of hydrogen-bond acceptors (Lipinski definition) is 4. The molecular formula is C31H21BrClN3O3. The summed E-state index contributed by atoms with van der Waals surface area (Å²) in [6, 6.07) is 27.6. The zero-order chi connectivity index (χ0) is 26.9. The van der Waals surface area contributed by atoms with Gasteiger partial charge in [0.25, 0.3) is 5.56 Å². The second kappa shape index (κ2) is 10.4. The van der Waals surface area contributed by atoms with Crippen molar-refractivity contribution in [3.8, 4) is 11.1 Å². The molecule has 1 amide bonds. The molecular weight excluding hydrogens is 578 g/mol. The van der Waals surface area contributed by atoms with Crippen LogP contribution in [0, 0.1) is 0 Å². The van der Waals surface area contributed by atoms with Crippen LogP contribution in [-0.2, 0) is 0 Å². The van der Waals surface area contributed by atoms with Gasteiger partial charge in [-0.25, -0.2) is 5.01 Å². The molecule has 0 unspecified atom stereocenters. The van der Waals surface area contributed by atoms with Gasteiger partial charge in [-0.1, -0.05) is 84.4 Å².